The molecule has 1 aromatic carbocycles. The Morgan fingerprint density at radius 3 is 2.93 bits per heavy atom. The Labute approximate surface area is 170 Å². The Hall–Kier alpha value is -3.28. The molecule has 0 spiro atoms. The number of furan rings is 1. The topological polar surface area (TPSA) is 67.6 Å². The normalized spacial score (nSPS) is 15.0. The lowest BCUT2D eigenvalue weighted by Gasteiger charge is -2.32. The number of carbonyl (C=O) groups excluding carboxylic acids is 1. The van der Waals surface area contributed by atoms with Crippen molar-refractivity contribution >= 4 is 28.6 Å². The summed E-state index contributed by atoms with van der Waals surface area (Å²) in [5, 5.41) is 4.49. The minimum atomic E-state index is -0.155. The zero-order valence-corrected chi connectivity index (χ0v) is 17.2. The van der Waals surface area contributed by atoms with E-state index in [0.29, 0.717) is 19.0 Å². The summed E-state index contributed by atoms with van der Waals surface area (Å²) in [7, 11) is 1.77. The van der Waals surface area contributed by atoms with E-state index in [9.17, 15) is 4.79 Å². The Bertz CT molecular complexity index is 1100. The van der Waals surface area contributed by atoms with Gasteiger partial charge in [-0.2, -0.15) is 0 Å². The van der Waals surface area contributed by atoms with Gasteiger partial charge in [-0.25, -0.2) is 4.98 Å². The van der Waals surface area contributed by atoms with Gasteiger partial charge in [0.25, 0.3) is 0 Å². The van der Waals surface area contributed by atoms with E-state index in [4.69, 9.17) is 9.15 Å². The molecular weight excluding hydrogens is 366 g/mol. The van der Waals surface area contributed by atoms with E-state index in [1.165, 1.54) is 0 Å². The van der Waals surface area contributed by atoms with Crippen LogP contribution in [0.3, 0.4) is 0 Å². The maximum Gasteiger partial charge on any atom is 0.246 e. The van der Waals surface area contributed by atoms with Gasteiger partial charge in [0.2, 0.25) is 11.8 Å². The Kier molecular flexibility index (Phi) is 4.78. The quantitative estimate of drug-likeness (QED) is 0.668. The standard InChI is InChI=1S/C23H25N3O3/c1-15-17-7-5-6-8-19(17)29-20(15)13-26(4)21(27)10-9-16-11-18-22(24-12-16)28-14-23(2,3)25-18/h5-12,25H,13-14H2,1-4H3/b10-9+. The van der Waals surface area contributed by atoms with Crippen molar-refractivity contribution in [3.05, 3.63) is 59.5 Å². The Morgan fingerprint density at radius 2 is 2.14 bits per heavy atom. The average molecular weight is 391 g/mol. The summed E-state index contributed by atoms with van der Waals surface area (Å²) in [5.41, 5.74) is 3.42. The number of benzene rings is 1. The number of hydrogen-bond donors (Lipinski definition) is 1. The van der Waals surface area contributed by atoms with Crippen molar-refractivity contribution in [1.29, 1.82) is 0 Å². The van der Waals surface area contributed by atoms with Crippen molar-refractivity contribution in [2.75, 3.05) is 19.0 Å². The molecule has 0 atom stereocenters. The summed E-state index contributed by atoms with van der Waals surface area (Å²) in [6.45, 7) is 7.13. The number of aromatic nitrogens is 1. The molecule has 3 heterocycles. The molecule has 0 radical (unpaired) electrons. The van der Waals surface area contributed by atoms with Crippen LogP contribution < -0.4 is 10.1 Å². The summed E-state index contributed by atoms with van der Waals surface area (Å²) in [5.74, 6) is 1.28. The minimum Gasteiger partial charge on any atom is -0.474 e. The first kappa shape index (κ1) is 19.1. The highest BCUT2D eigenvalue weighted by molar-refractivity contribution is 5.92. The molecular formula is C23H25N3O3. The third kappa shape index (κ3) is 3.97. The Morgan fingerprint density at radius 1 is 1.34 bits per heavy atom. The predicted molar refractivity (Wildman–Crippen MR) is 114 cm³/mol. The third-order valence-corrected chi connectivity index (χ3v) is 5.03. The number of nitrogens with one attached hydrogen (secondary N) is 1. The highest BCUT2D eigenvalue weighted by Crippen LogP contribution is 2.31. The van der Waals surface area contributed by atoms with E-state index in [1.54, 1.807) is 30.3 Å². The number of carbonyl (C=O) groups is 1. The molecule has 0 saturated heterocycles. The van der Waals surface area contributed by atoms with E-state index in [-0.39, 0.29) is 11.4 Å². The molecule has 1 N–H and O–H groups in total. The number of likely N-dealkylation sites (N-methyl/N-ethyl adjacent to an activating group) is 1. The smallest absolute Gasteiger partial charge is 0.246 e. The van der Waals surface area contributed by atoms with E-state index in [1.807, 2.05) is 37.3 Å². The van der Waals surface area contributed by atoms with Gasteiger partial charge in [0.15, 0.2) is 0 Å². The van der Waals surface area contributed by atoms with Crippen molar-refractivity contribution in [1.82, 2.24) is 9.88 Å². The third-order valence-electron chi connectivity index (χ3n) is 5.03. The maximum atomic E-state index is 12.6. The van der Waals surface area contributed by atoms with Crippen LogP contribution in [0.25, 0.3) is 17.0 Å². The van der Waals surface area contributed by atoms with E-state index in [0.717, 1.165) is 33.5 Å². The summed E-state index contributed by atoms with van der Waals surface area (Å²) < 4.78 is 11.6. The van der Waals surface area contributed by atoms with Gasteiger partial charge in [-0.1, -0.05) is 18.2 Å². The highest BCUT2D eigenvalue weighted by Gasteiger charge is 2.26. The van der Waals surface area contributed by atoms with Crippen LogP contribution in [0.5, 0.6) is 5.88 Å². The van der Waals surface area contributed by atoms with Crippen LogP contribution in [-0.2, 0) is 11.3 Å². The number of anilines is 1. The summed E-state index contributed by atoms with van der Waals surface area (Å²) >= 11 is 0. The minimum absolute atomic E-state index is 0.105. The monoisotopic (exact) mass is 391 g/mol. The lowest BCUT2D eigenvalue weighted by molar-refractivity contribution is -0.125. The lowest BCUT2D eigenvalue weighted by atomic mass is 10.0. The number of pyridine rings is 1. The maximum absolute atomic E-state index is 12.6. The SMILES string of the molecule is Cc1c(CN(C)C(=O)/C=C/c2cnc3c(c2)NC(C)(C)CO3)oc2ccccc12. The van der Waals surface area contributed by atoms with E-state index in [2.05, 4.69) is 24.1 Å². The van der Waals surface area contributed by atoms with Crippen molar-refractivity contribution in [3.63, 3.8) is 0 Å². The molecule has 6 heteroatoms. The molecule has 29 heavy (non-hydrogen) atoms. The number of para-hydroxylation sites is 1. The molecule has 6 nitrogen and oxygen atoms in total. The molecule has 150 valence electrons. The fourth-order valence-electron chi connectivity index (χ4n) is 3.38. The van der Waals surface area contributed by atoms with Crippen molar-refractivity contribution in [3.8, 4) is 5.88 Å². The van der Waals surface area contributed by atoms with E-state index >= 15 is 0 Å². The van der Waals surface area contributed by atoms with Crippen LogP contribution in [-0.4, -0.2) is 35.0 Å². The van der Waals surface area contributed by atoms with Gasteiger partial charge in [0.05, 0.1) is 17.8 Å². The van der Waals surface area contributed by atoms with Crippen LogP contribution in [0.15, 0.2) is 47.0 Å². The molecule has 1 aliphatic rings. The number of hydrogen-bond acceptors (Lipinski definition) is 5. The zero-order chi connectivity index (χ0) is 20.6. The number of aryl methyl sites for hydroxylation is 1. The predicted octanol–water partition coefficient (Wildman–Crippen LogP) is 4.39. The zero-order valence-electron chi connectivity index (χ0n) is 17.2. The first-order valence-electron chi connectivity index (χ1n) is 9.64. The van der Waals surface area contributed by atoms with Crippen molar-refractivity contribution in [2.24, 2.45) is 0 Å². The largest absolute Gasteiger partial charge is 0.474 e. The van der Waals surface area contributed by atoms with Gasteiger partial charge in [0, 0.05) is 30.3 Å². The van der Waals surface area contributed by atoms with Gasteiger partial charge < -0.3 is 19.4 Å². The number of nitrogens with zero attached hydrogens (tertiary/aromatic N) is 2. The molecule has 4 rings (SSSR count). The summed E-state index contributed by atoms with van der Waals surface area (Å²) in [4.78, 5) is 18.5. The van der Waals surface area contributed by atoms with Gasteiger partial charge >= 0.3 is 0 Å². The first-order valence-corrected chi connectivity index (χ1v) is 9.64. The molecule has 1 aliphatic heterocycles. The first-order chi connectivity index (χ1) is 13.8. The number of rotatable bonds is 4. The molecule has 0 aliphatic carbocycles. The Balaban J connectivity index is 1.46. The van der Waals surface area contributed by atoms with Crippen molar-refractivity contribution in [2.45, 2.75) is 32.9 Å². The van der Waals surface area contributed by atoms with Crippen molar-refractivity contribution < 1.29 is 13.9 Å². The molecule has 1 amide bonds. The number of amides is 1. The molecule has 2 aromatic heterocycles. The van der Waals surface area contributed by atoms with Crippen LogP contribution in [0.2, 0.25) is 0 Å². The van der Waals surface area contributed by atoms with Gasteiger partial charge in [-0.3, -0.25) is 4.79 Å². The van der Waals surface area contributed by atoms with Gasteiger partial charge in [0.1, 0.15) is 18.0 Å². The van der Waals surface area contributed by atoms with Crippen LogP contribution in [0.4, 0.5) is 5.69 Å². The number of ether oxygens (including phenoxy) is 1. The number of fused-ring (bicyclic) bond motifs is 2. The molecule has 0 unspecified atom stereocenters. The van der Waals surface area contributed by atoms with Crippen LogP contribution in [0, 0.1) is 6.92 Å². The second-order valence-corrected chi connectivity index (χ2v) is 8.09. The molecule has 0 fully saturated rings. The average Bonchev–Trinajstić information content (AvgIpc) is 3.00. The molecule has 0 saturated carbocycles. The second kappa shape index (κ2) is 7.28. The van der Waals surface area contributed by atoms with E-state index < -0.39 is 0 Å². The van der Waals surface area contributed by atoms with Gasteiger partial charge in [-0.05, 0) is 44.5 Å². The summed E-state index contributed by atoms with van der Waals surface area (Å²) in [6, 6.07) is 9.84. The highest BCUT2D eigenvalue weighted by atomic mass is 16.5. The molecule has 0 bridgehead atoms. The fraction of sp³-hybridized carbons (Fsp3) is 0.304. The second-order valence-electron chi connectivity index (χ2n) is 8.09. The fourth-order valence-corrected chi connectivity index (χ4v) is 3.38. The lowest BCUT2D eigenvalue weighted by Crippen LogP contribution is -2.41. The van der Waals surface area contributed by atoms with Gasteiger partial charge in [-0.15, -0.1) is 0 Å². The molecule has 3 aromatic rings. The van der Waals surface area contributed by atoms with Crippen LogP contribution in [0.1, 0.15) is 30.7 Å². The van der Waals surface area contributed by atoms with Crippen LogP contribution >= 0.6 is 0 Å². The summed E-state index contributed by atoms with van der Waals surface area (Å²) in [6.07, 6.45) is 5.02.